The van der Waals surface area contributed by atoms with Crippen molar-refractivity contribution in [1.82, 2.24) is 15.0 Å². The molecule has 4 rings (SSSR count). The molecule has 8 heteroatoms. The predicted molar refractivity (Wildman–Crippen MR) is 99.5 cm³/mol. The molecule has 0 N–H and O–H groups in total. The van der Waals surface area contributed by atoms with Crippen LogP contribution in [0.3, 0.4) is 0 Å². The highest BCUT2D eigenvalue weighted by atomic mass is 32.2. The molecule has 0 unspecified atom stereocenters. The van der Waals surface area contributed by atoms with Gasteiger partial charge in [-0.15, -0.1) is 11.8 Å². The Morgan fingerprint density at radius 3 is 2.67 bits per heavy atom. The molecule has 2 aromatic heterocycles. The van der Waals surface area contributed by atoms with E-state index in [2.05, 4.69) is 10.1 Å². The maximum Gasteiger partial charge on any atom is 0.256 e. The Hall–Kier alpha value is -1.90. The van der Waals surface area contributed by atoms with Crippen LogP contribution in [-0.2, 0) is 15.2 Å². The van der Waals surface area contributed by atoms with Crippen LogP contribution in [0.2, 0.25) is 0 Å². The third-order valence-electron chi connectivity index (χ3n) is 5.16. The number of likely N-dealkylation sites (tertiary alicyclic amines) is 1. The van der Waals surface area contributed by atoms with Gasteiger partial charge in [-0.05, 0) is 26.0 Å². The Kier molecular flexibility index (Phi) is 5.21. The second kappa shape index (κ2) is 7.61. The summed E-state index contributed by atoms with van der Waals surface area (Å²) in [7, 11) is 0. The molecule has 0 aliphatic carbocycles. The first kappa shape index (κ1) is 18.5. The van der Waals surface area contributed by atoms with Crippen LogP contribution >= 0.6 is 11.8 Å². The topological polar surface area (TPSA) is 77.7 Å². The van der Waals surface area contributed by atoms with Crippen molar-refractivity contribution in [2.45, 2.75) is 43.3 Å². The summed E-state index contributed by atoms with van der Waals surface area (Å²) in [6.45, 7) is 6.35. The molecular weight excluding hydrogens is 366 g/mol. The lowest BCUT2D eigenvalue weighted by atomic mass is 10.0. The van der Waals surface area contributed by atoms with Gasteiger partial charge in [-0.2, -0.15) is 0 Å². The summed E-state index contributed by atoms with van der Waals surface area (Å²) >= 11 is 1.54. The van der Waals surface area contributed by atoms with Crippen molar-refractivity contribution in [3.05, 3.63) is 40.9 Å². The molecule has 2 aliphatic rings. The summed E-state index contributed by atoms with van der Waals surface area (Å²) in [5.74, 6) is 1.01. The van der Waals surface area contributed by atoms with Gasteiger partial charge in [0.2, 0.25) is 0 Å². The maximum atomic E-state index is 13.1. The van der Waals surface area contributed by atoms with E-state index in [1.807, 2.05) is 30.9 Å². The lowest BCUT2D eigenvalue weighted by Crippen LogP contribution is -2.47. The van der Waals surface area contributed by atoms with Crippen molar-refractivity contribution in [2.75, 3.05) is 26.3 Å². The van der Waals surface area contributed by atoms with Gasteiger partial charge in [-0.3, -0.25) is 4.79 Å². The van der Waals surface area contributed by atoms with Crippen LogP contribution in [0.15, 0.2) is 27.9 Å². The van der Waals surface area contributed by atoms with E-state index in [1.54, 1.807) is 6.20 Å². The zero-order chi connectivity index (χ0) is 18.9. The highest BCUT2D eigenvalue weighted by molar-refractivity contribution is 7.98. The van der Waals surface area contributed by atoms with Crippen LogP contribution in [0.1, 0.15) is 40.2 Å². The number of thioether (sulfide) groups is 1. The second-order valence-electron chi connectivity index (χ2n) is 6.85. The smallest absolute Gasteiger partial charge is 0.256 e. The number of carbonyl (C=O) groups is 1. The van der Waals surface area contributed by atoms with Gasteiger partial charge in [0.25, 0.3) is 5.91 Å². The molecule has 2 aliphatic heterocycles. The molecule has 2 saturated heterocycles. The largest absolute Gasteiger partial charge is 0.361 e. The molecule has 2 aromatic rings. The number of ether oxygens (including phenoxy) is 2. The van der Waals surface area contributed by atoms with E-state index in [0.29, 0.717) is 50.5 Å². The number of hydrogen-bond acceptors (Lipinski definition) is 7. The molecule has 0 aromatic carbocycles. The van der Waals surface area contributed by atoms with E-state index in [4.69, 9.17) is 14.0 Å². The van der Waals surface area contributed by atoms with Crippen LogP contribution in [0, 0.1) is 13.8 Å². The highest BCUT2D eigenvalue weighted by Gasteiger charge is 2.41. The Labute approximate surface area is 162 Å². The number of amides is 1. The number of aryl methyl sites for hydroxylation is 2. The molecule has 0 atom stereocenters. The lowest BCUT2D eigenvalue weighted by molar-refractivity contribution is -0.181. The summed E-state index contributed by atoms with van der Waals surface area (Å²) in [6.07, 6.45) is 3.14. The number of piperidine rings is 1. The van der Waals surface area contributed by atoms with Gasteiger partial charge < -0.3 is 18.9 Å². The molecule has 0 saturated carbocycles. The predicted octanol–water partition coefficient (Wildman–Crippen LogP) is 2.96. The van der Waals surface area contributed by atoms with E-state index in [1.165, 1.54) is 11.8 Å². The van der Waals surface area contributed by atoms with Crippen molar-refractivity contribution < 1.29 is 18.8 Å². The average Bonchev–Trinajstić information content (AvgIpc) is 3.27. The van der Waals surface area contributed by atoms with Gasteiger partial charge in [0, 0.05) is 43.4 Å². The molecule has 27 heavy (non-hydrogen) atoms. The highest BCUT2D eigenvalue weighted by Crippen LogP contribution is 2.33. The van der Waals surface area contributed by atoms with Gasteiger partial charge in [0.05, 0.1) is 24.5 Å². The SMILES string of the molecule is Cc1noc(C)c1CSc1ncccc1C(=O)N1CCC2(CC1)OCCO2. The van der Waals surface area contributed by atoms with Gasteiger partial charge in [0.1, 0.15) is 10.8 Å². The molecule has 0 bridgehead atoms. The Morgan fingerprint density at radius 1 is 1.26 bits per heavy atom. The van der Waals surface area contributed by atoms with Crippen LogP contribution in [0.5, 0.6) is 0 Å². The number of nitrogens with zero attached hydrogens (tertiary/aromatic N) is 3. The molecule has 1 amide bonds. The Balaban J connectivity index is 1.45. The molecule has 144 valence electrons. The summed E-state index contributed by atoms with van der Waals surface area (Å²) in [5.41, 5.74) is 2.57. The van der Waals surface area contributed by atoms with Crippen molar-refractivity contribution in [1.29, 1.82) is 0 Å². The summed E-state index contributed by atoms with van der Waals surface area (Å²) in [6, 6.07) is 3.65. The molecule has 0 radical (unpaired) electrons. The molecular formula is C19H23N3O4S. The number of hydrogen-bond donors (Lipinski definition) is 0. The standard InChI is InChI=1S/C19H23N3O4S/c1-13-16(14(2)26-21-13)12-27-17-15(4-3-7-20-17)18(23)22-8-5-19(6-9-22)24-10-11-25-19/h3-4,7H,5-6,8-12H2,1-2H3. The third kappa shape index (κ3) is 3.74. The van der Waals surface area contributed by atoms with Crippen LogP contribution in [0.25, 0.3) is 0 Å². The van der Waals surface area contributed by atoms with Crippen LogP contribution in [0.4, 0.5) is 0 Å². The summed E-state index contributed by atoms with van der Waals surface area (Å²) in [5, 5.41) is 4.72. The number of rotatable bonds is 4. The van der Waals surface area contributed by atoms with Gasteiger partial charge in [0.15, 0.2) is 5.79 Å². The van der Waals surface area contributed by atoms with E-state index in [0.717, 1.165) is 22.0 Å². The fraction of sp³-hybridized carbons (Fsp3) is 0.526. The first-order chi connectivity index (χ1) is 13.1. The fourth-order valence-corrected chi connectivity index (χ4v) is 4.66. The van der Waals surface area contributed by atoms with Crippen molar-refractivity contribution in [3.8, 4) is 0 Å². The van der Waals surface area contributed by atoms with Crippen molar-refractivity contribution in [3.63, 3.8) is 0 Å². The number of carbonyl (C=O) groups excluding carboxylic acids is 1. The van der Waals surface area contributed by atoms with Gasteiger partial charge >= 0.3 is 0 Å². The first-order valence-corrected chi connectivity index (χ1v) is 10.1. The van der Waals surface area contributed by atoms with Crippen LogP contribution in [-0.4, -0.2) is 53.0 Å². The summed E-state index contributed by atoms with van der Waals surface area (Å²) < 4.78 is 16.7. The maximum absolute atomic E-state index is 13.1. The minimum Gasteiger partial charge on any atom is -0.361 e. The van der Waals surface area contributed by atoms with Gasteiger partial charge in [-0.1, -0.05) is 5.16 Å². The number of pyridine rings is 1. The number of aromatic nitrogens is 2. The minimum absolute atomic E-state index is 0.0113. The molecule has 4 heterocycles. The van der Waals surface area contributed by atoms with E-state index in [-0.39, 0.29) is 5.91 Å². The fourth-order valence-electron chi connectivity index (χ4n) is 3.52. The molecule has 1 spiro atoms. The first-order valence-electron chi connectivity index (χ1n) is 9.15. The quantitative estimate of drug-likeness (QED) is 0.744. The lowest BCUT2D eigenvalue weighted by Gasteiger charge is -2.37. The van der Waals surface area contributed by atoms with Gasteiger partial charge in [-0.25, -0.2) is 4.98 Å². The Morgan fingerprint density at radius 2 is 2.00 bits per heavy atom. The zero-order valence-electron chi connectivity index (χ0n) is 15.6. The normalized spacial score (nSPS) is 19.0. The molecule has 2 fully saturated rings. The minimum atomic E-state index is -0.480. The second-order valence-corrected chi connectivity index (χ2v) is 7.81. The average molecular weight is 389 g/mol. The van der Waals surface area contributed by atoms with E-state index < -0.39 is 5.79 Å². The van der Waals surface area contributed by atoms with Crippen molar-refractivity contribution >= 4 is 17.7 Å². The zero-order valence-corrected chi connectivity index (χ0v) is 16.4. The Bertz CT molecular complexity index is 803. The monoisotopic (exact) mass is 389 g/mol. The van der Waals surface area contributed by atoms with E-state index >= 15 is 0 Å². The third-order valence-corrected chi connectivity index (χ3v) is 6.19. The molecule has 7 nitrogen and oxygen atoms in total. The van der Waals surface area contributed by atoms with Crippen LogP contribution < -0.4 is 0 Å². The van der Waals surface area contributed by atoms with Crippen molar-refractivity contribution in [2.24, 2.45) is 0 Å². The van der Waals surface area contributed by atoms with E-state index in [9.17, 15) is 4.79 Å². The summed E-state index contributed by atoms with van der Waals surface area (Å²) in [4.78, 5) is 19.4.